The van der Waals surface area contributed by atoms with Crippen LogP contribution in [-0.4, -0.2) is 18.9 Å². The molecule has 92 valence electrons. The normalized spacial score (nSPS) is 34.0. The van der Waals surface area contributed by atoms with Crippen LogP contribution >= 0.6 is 0 Å². The van der Waals surface area contributed by atoms with E-state index in [2.05, 4.69) is 0 Å². The van der Waals surface area contributed by atoms with Gasteiger partial charge < -0.3 is 9.47 Å². The Labute approximate surface area is 97.5 Å². The first-order chi connectivity index (χ1) is 7.65. The van der Waals surface area contributed by atoms with Crippen LogP contribution < -0.4 is 0 Å². The first kappa shape index (κ1) is 11.9. The molecule has 4 atom stereocenters. The zero-order valence-corrected chi connectivity index (χ0v) is 10.3. The molecule has 2 aliphatic carbocycles. The van der Waals surface area contributed by atoms with Gasteiger partial charge in [0.2, 0.25) is 0 Å². The average molecular weight is 226 g/mol. The summed E-state index contributed by atoms with van der Waals surface area (Å²) in [5.41, 5.74) is 0. The summed E-state index contributed by atoms with van der Waals surface area (Å²) in [6.45, 7) is 3.92. The molecule has 2 rings (SSSR count). The number of carbonyl (C=O) groups excluding carboxylic acids is 1. The minimum atomic E-state index is -0.393. The summed E-state index contributed by atoms with van der Waals surface area (Å²) in [7, 11) is 0. The van der Waals surface area contributed by atoms with Gasteiger partial charge in [0.15, 0.2) is 6.29 Å². The standard InChI is InChI=1S/C13H22O3/c1-9(14)16-10(2)15-6-5-13-8-11-3-4-12(13)7-11/h10-13H,3-8H2,1-2H3. The van der Waals surface area contributed by atoms with Gasteiger partial charge in [0, 0.05) is 6.92 Å². The Morgan fingerprint density at radius 3 is 2.75 bits per heavy atom. The van der Waals surface area contributed by atoms with Gasteiger partial charge in [-0.25, -0.2) is 0 Å². The van der Waals surface area contributed by atoms with Gasteiger partial charge in [-0.2, -0.15) is 0 Å². The van der Waals surface area contributed by atoms with Gasteiger partial charge in [-0.05, 0) is 50.4 Å². The lowest BCUT2D eigenvalue weighted by molar-refractivity contribution is -0.172. The summed E-state index contributed by atoms with van der Waals surface area (Å²) < 4.78 is 10.4. The minimum Gasteiger partial charge on any atom is -0.436 e. The topological polar surface area (TPSA) is 35.5 Å². The van der Waals surface area contributed by atoms with Crippen LogP contribution in [-0.2, 0) is 14.3 Å². The van der Waals surface area contributed by atoms with Crippen LogP contribution in [0.5, 0.6) is 0 Å². The highest BCUT2D eigenvalue weighted by molar-refractivity contribution is 5.65. The fourth-order valence-corrected chi connectivity index (χ4v) is 3.38. The van der Waals surface area contributed by atoms with E-state index in [9.17, 15) is 4.79 Å². The smallest absolute Gasteiger partial charge is 0.304 e. The molecule has 0 heterocycles. The van der Waals surface area contributed by atoms with Crippen LogP contribution in [0.1, 0.15) is 46.0 Å². The lowest BCUT2D eigenvalue weighted by atomic mass is 9.87. The van der Waals surface area contributed by atoms with Gasteiger partial charge in [-0.15, -0.1) is 0 Å². The summed E-state index contributed by atoms with van der Waals surface area (Å²) >= 11 is 0. The molecular weight excluding hydrogens is 204 g/mol. The third-order valence-electron chi connectivity index (χ3n) is 4.06. The van der Waals surface area contributed by atoms with Crippen molar-refractivity contribution in [1.29, 1.82) is 0 Å². The van der Waals surface area contributed by atoms with Gasteiger partial charge in [0.05, 0.1) is 6.61 Å². The maximum Gasteiger partial charge on any atom is 0.304 e. The fraction of sp³-hybridized carbons (Fsp3) is 0.923. The van der Waals surface area contributed by atoms with E-state index in [0.717, 1.165) is 30.8 Å². The second-order valence-electron chi connectivity index (χ2n) is 5.27. The van der Waals surface area contributed by atoms with Crippen molar-refractivity contribution < 1.29 is 14.3 Å². The summed E-state index contributed by atoms with van der Waals surface area (Å²) in [6.07, 6.45) is 6.46. The van der Waals surface area contributed by atoms with E-state index < -0.39 is 6.29 Å². The molecule has 0 saturated heterocycles. The number of fused-ring (bicyclic) bond motifs is 2. The van der Waals surface area contributed by atoms with E-state index >= 15 is 0 Å². The SMILES string of the molecule is CC(=O)OC(C)OCCC1CC2CCC1C2. The molecule has 0 amide bonds. The molecule has 0 spiro atoms. The molecule has 0 aromatic rings. The Kier molecular flexibility index (Phi) is 3.85. The van der Waals surface area contributed by atoms with E-state index in [-0.39, 0.29) is 5.97 Å². The summed E-state index contributed by atoms with van der Waals surface area (Å²) in [6, 6.07) is 0. The highest BCUT2D eigenvalue weighted by Crippen LogP contribution is 2.49. The van der Waals surface area contributed by atoms with Crippen molar-refractivity contribution in [2.24, 2.45) is 17.8 Å². The molecule has 0 aromatic heterocycles. The quantitative estimate of drug-likeness (QED) is 0.534. The Bertz CT molecular complexity index is 252. The molecule has 2 aliphatic rings. The van der Waals surface area contributed by atoms with Gasteiger partial charge >= 0.3 is 5.97 Å². The van der Waals surface area contributed by atoms with E-state index in [1.807, 2.05) is 0 Å². The molecule has 0 aromatic carbocycles. The van der Waals surface area contributed by atoms with Crippen molar-refractivity contribution in [3.63, 3.8) is 0 Å². The summed E-state index contributed by atoms with van der Waals surface area (Å²) in [5.74, 6) is 2.55. The number of rotatable bonds is 5. The fourth-order valence-electron chi connectivity index (χ4n) is 3.38. The van der Waals surface area contributed by atoms with E-state index in [4.69, 9.17) is 9.47 Å². The molecule has 16 heavy (non-hydrogen) atoms. The van der Waals surface area contributed by atoms with Crippen LogP contribution in [0.2, 0.25) is 0 Å². The van der Waals surface area contributed by atoms with Crippen molar-refractivity contribution in [2.75, 3.05) is 6.61 Å². The maximum absolute atomic E-state index is 10.7. The van der Waals surface area contributed by atoms with E-state index in [0.29, 0.717) is 0 Å². The molecule has 2 fully saturated rings. The van der Waals surface area contributed by atoms with E-state index in [1.54, 1.807) is 6.92 Å². The number of esters is 1. The van der Waals surface area contributed by atoms with Crippen molar-refractivity contribution in [1.82, 2.24) is 0 Å². The van der Waals surface area contributed by atoms with Crippen molar-refractivity contribution in [3.05, 3.63) is 0 Å². The van der Waals surface area contributed by atoms with E-state index in [1.165, 1.54) is 32.6 Å². The minimum absolute atomic E-state index is 0.271. The van der Waals surface area contributed by atoms with Gasteiger partial charge in [-0.3, -0.25) is 4.79 Å². The predicted octanol–water partition coefficient (Wildman–Crippen LogP) is 2.74. The lowest BCUT2D eigenvalue weighted by Crippen LogP contribution is -2.19. The zero-order chi connectivity index (χ0) is 11.5. The molecule has 0 aliphatic heterocycles. The monoisotopic (exact) mass is 226 g/mol. The van der Waals surface area contributed by atoms with Crippen molar-refractivity contribution >= 4 is 5.97 Å². The van der Waals surface area contributed by atoms with Gasteiger partial charge in [-0.1, -0.05) is 6.42 Å². The van der Waals surface area contributed by atoms with Gasteiger partial charge in [0.25, 0.3) is 0 Å². The van der Waals surface area contributed by atoms with Crippen molar-refractivity contribution in [2.45, 2.75) is 52.2 Å². The van der Waals surface area contributed by atoms with Crippen LogP contribution in [0.3, 0.4) is 0 Å². The van der Waals surface area contributed by atoms with Crippen LogP contribution in [0.4, 0.5) is 0 Å². The van der Waals surface area contributed by atoms with Crippen LogP contribution in [0.25, 0.3) is 0 Å². The second-order valence-corrected chi connectivity index (χ2v) is 5.27. The maximum atomic E-state index is 10.7. The number of carbonyl (C=O) groups is 1. The summed E-state index contributed by atoms with van der Waals surface area (Å²) in [4.78, 5) is 10.7. The molecule has 0 radical (unpaired) electrons. The molecule has 4 unspecified atom stereocenters. The third-order valence-corrected chi connectivity index (χ3v) is 4.06. The highest BCUT2D eigenvalue weighted by Gasteiger charge is 2.38. The zero-order valence-electron chi connectivity index (χ0n) is 10.3. The largest absolute Gasteiger partial charge is 0.436 e. The number of hydrogen-bond donors (Lipinski definition) is 0. The summed E-state index contributed by atoms with van der Waals surface area (Å²) in [5, 5.41) is 0. The molecule has 2 saturated carbocycles. The van der Waals surface area contributed by atoms with Crippen LogP contribution in [0.15, 0.2) is 0 Å². The Morgan fingerprint density at radius 1 is 1.38 bits per heavy atom. The van der Waals surface area contributed by atoms with Crippen molar-refractivity contribution in [3.8, 4) is 0 Å². The highest BCUT2D eigenvalue weighted by atomic mass is 16.7. The Morgan fingerprint density at radius 2 is 2.19 bits per heavy atom. The Hall–Kier alpha value is -0.570. The average Bonchev–Trinajstić information content (AvgIpc) is 2.77. The molecule has 2 bridgehead atoms. The lowest BCUT2D eigenvalue weighted by Gasteiger charge is -2.22. The third kappa shape index (κ3) is 2.97. The first-order valence-electron chi connectivity index (χ1n) is 6.44. The first-order valence-corrected chi connectivity index (χ1v) is 6.44. The molecule has 3 heteroatoms. The molecular formula is C13H22O3. The van der Waals surface area contributed by atoms with Crippen LogP contribution in [0, 0.1) is 17.8 Å². The molecule has 0 N–H and O–H groups in total. The second kappa shape index (κ2) is 5.17. The van der Waals surface area contributed by atoms with Gasteiger partial charge in [0.1, 0.15) is 0 Å². The Balaban J connectivity index is 1.60. The predicted molar refractivity (Wildman–Crippen MR) is 60.7 cm³/mol. The molecule has 3 nitrogen and oxygen atoms in total. The number of hydrogen-bond acceptors (Lipinski definition) is 3. The number of ether oxygens (including phenoxy) is 2.